The zero-order chi connectivity index (χ0) is 11.4. The number of hydrogen-bond donors (Lipinski definition) is 1. The summed E-state index contributed by atoms with van der Waals surface area (Å²) in [6.45, 7) is 8.86. The fourth-order valence-corrected chi connectivity index (χ4v) is 3.03. The smallest absolute Gasteiger partial charge is 0.0928 e. The molecule has 2 rings (SSSR count). The molecule has 1 unspecified atom stereocenters. The fourth-order valence-electron chi connectivity index (χ4n) is 2.14. The average molecular weight is 239 g/mol. The Kier molecular flexibility index (Phi) is 4.32. The largest absolute Gasteiger partial charge is 0.312 e. The molecule has 1 aliphatic rings. The number of hydrogen-bond acceptors (Lipinski definition) is 4. The molecule has 1 aromatic heterocycles. The van der Waals surface area contributed by atoms with Gasteiger partial charge >= 0.3 is 0 Å². The molecule has 90 valence electrons. The summed E-state index contributed by atoms with van der Waals surface area (Å²) in [6.07, 6.45) is 2.32. The molecule has 16 heavy (non-hydrogen) atoms. The lowest BCUT2D eigenvalue weighted by atomic mass is 10.2. The Bertz CT molecular complexity index is 324. The third-order valence-corrected chi connectivity index (χ3v) is 3.86. The molecule has 1 N–H and O–H groups in total. The minimum atomic E-state index is 0.613. The highest BCUT2D eigenvalue weighted by molar-refractivity contribution is 7.09. The molecular weight excluding hydrogens is 218 g/mol. The molecule has 1 atom stereocenters. The second kappa shape index (κ2) is 5.75. The molecule has 1 fully saturated rings. The van der Waals surface area contributed by atoms with Crippen molar-refractivity contribution in [3.63, 3.8) is 0 Å². The summed E-state index contributed by atoms with van der Waals surface area (Å²) < 4.78 is 0. The van der Waals surface area contributed by atoms with Gasteiger partial charge < -0.3 is 5.32 Å². The van der Waals surface area contributed by atoms with Crippen molar-refractivity contribution >= 4 is 11.3 Å². The lowest BCUT2D eigenvalue weighted by Crippen LogP contribution is -2.48. The van der Waals surface area contributed by atoms with Crippen LogP contribution in [0, 0.1) is 0 Å². The highest BCUT2D eigenvalue weighted by Crippen LogP contribution is 2.14. The molecule has 0 spiro atoms. The summed E-state index contributed by atoms with van der Waals surface area (Å²) in [5.74, 6) is 0. The maximum absolute atomic E-state index is 4.68. The maximum atomic E-state index is 4.68. The summed E-state index contributed by atoms with van der Waals surface area (Å²) in [6, 6.07) is 0.613. The Labute approximate surface area is 102 Å². The lowest BCUT2D eigenvalue weighted by Gasteiger charge is -2.31. The molecule has 0 bridgehead atoms. The first-order valence-corrected chi connectivity index (χ1v) is 7.05. The van der Waals surface area contributed by atoms with Crippen molar-refractivity contribution in [3.8, 4) is 0 Å². The monoisotopic (exact) mass is 239 g/mol. The molecule has 0 radical (unpaired) electrons. The van der Waals surface area contributed by atoms with E-state index < -0.39 is 0 Å². The van der Waals surface area contributed by atoms with E-state index in [4.69, 9.17) is 0 Å². The van der Waals surface area contributed by atoms with Crippen LogP contribution in [0.25, 0.3) is 0 Å². The number of piperazine rings is 1. The summed E-state index contributed by atoms with van der Waals surface area (Å²) in [5.41, 5.74) is 1.25. The van der Waals surface area contributed by atoms with Gasteiger partial charge in [0.05, 0.1) is 10.7 Å². The van der Waals surface area contributed by atoms with Gasteiger partial charge in [0.15, 0.2) is 0 Å². The van der Waals surface area contributed by atoms with Gasteiger partial charge in [-0.05, 0) is 19.8 Å². The van der Waals surface area contributed by atoms with Crippen molar-refractivity contribution in [2.24, 2.45) is 0 Å². The van der Waals surface area contributed by atoms with Crippen LogP contribution in [0.15, 0.2) is 5.38 Å². The van der Waals surface area contributed by atoms with E-state index in [0.29, 0.717) is 6.04 Å². The van der Waals surface area contributed by atoms with Crippen LogP contribution in [0.1, 0.15) is 31.0 Å². The molecule has 1 aromatic rings. The Hall–Kier alpha value is -0.450. The fraction of sp³-hybridized carbons (Fsp3) is 0.750. The van der Waals surface area contributed by atoms with Crippen LogP contribution in [-0.2, 0) is 13.0 Å². The van der Waals surface area contributed by atoms with Crippen molar-refractivity contribution in [3.05, 3.63) is 16.1 Å². The third-order valence-electron chi connectivity index (χ3n) is 2.90. The van der Waals surface area contributed by atoms with E-state index in [1.807, 2.05) is 11.3 Å². The molecule has 0 saturated carbocycles. The van der Waals surface area contributed by atoms with Gasteiger partial charge in [-0.2, -0.15) is 0 Å². The van der Waals surface area contributed by atoms with Crippen LogP contribution in [-0.4, -0.2) is 35.6 Å². The second-order valence-corrected chi connectivity index (χ2v) is 5.52. The zero-order valence-corrected chi connectivity index (χ0v) is 11.0. The topological polar surface area (TPSA) is 28.2 Å². The molecular formula is C12H21N3S. The molecule has 2 heterocycles. The average Bonchev–Trinajstić information content (AvgIpc) is 2.66. The van der Waals surface area contributed by atoms with E-state index in [9.17, 15) is 0 Å². The summed E-state index contributed by atoms with van der Waals surface area (Å²) in [7, 11) is 0. The first-order valence-electron chi connectivity index (χ1n) is 6.17. The summed E-state index contributed by atoms with van der Waals surface area (Å²) in [4.78, 5) is 7.17. The van der Waals surface area contributed by atoms with Gasteiger partial charge in [0.25, 0.3) is 0 Å². The zero-order valence-electron chi connectivity index (χ0n) is 10.2. The van der Waals surface area contributed by atoms with Crippen LogP contribution in [0.2, 0.25) is 0 Å². The van der Waals surface area contributed by atoms with Crippen molar-refractivity contribution in [2.75, 3.05) is 19.6 Å². The maximum Gasteiger partial charge on any atom is 0.0928 e. The van der Waals surface area contributed by atoms with Gasteiger partial charge in [-0.1, -0.05) is 6.92 Å². The van der Waals surface area contributed by atoms with E-state index in [0.717, 1.165) is 32.6 Å². The second-order valence-electron chi connectivity index (χ2n) is 4.57. The molecule has 1 aliphatic heterocycles. The van der Waals surface area contributed by atoms with Crippen molar-refractivity contribution in [1.29, 1.82) is 0 Å². The molecule has 0 aromatic carbocycles. The van der Waals surface area contributed by atoms with Crippen LogP contribution in [0.4, 0.5) is 0 Å². The minimum Gasteiger partial charge on any atom is -0.312 e. The lowest BCUT2D eigenvalue weighted by molar-refractivity contribution is 0.198. The van der Waals surface area contributed by atoms with E-state index >= 15 is 0 Å². The Morgan fingerprint density at radius 2 is 2.50 bits per heavy atom. The van der Waals surface area contributed by atoms with Crippen molar-refractivity contribution < 1.29 is 0 Å². The van der Waals surface area contributed by atoms with Gasteiger partial charge in [0, 0.05) is 37.6 Å². The number of thiazole rings is 1. The predicted octanol–water partition coefficient (Wildman–Crippen LogP) is 1.89. The van der Waals surface area contributed by atoms with Gasteiger partial charge in [-0.3, -0.25) is 4.90 Å². The Morgan fingerprint density at radius 3 is 3.25 bits per heavy atom. The quantitative estimate of drug-likeness (QED) is 0.869. The van der Waals surface area contributed by atoms with Gasteiger partial charge in [0.2, 0.25) is 0 Å². The normalized spacial score (nSPS) is 22.5. The molecule has 0 aliphatic carbocycles. The number of nitrogens with one attached hydrogen (secondary N) is 1. The number of aryl methyl sites for hydroxylation is 1. The highest BCUT2D eigenvalue weighted by atomic mass is 32.1. The van der Waals surface area contributed by atoms with Crippen LogP contribution in [0.3, 0.4) is 0 Å². The molecule has 1 saturated heterocycles. The van der Waals surface area contributed by atoms with E-state index in [1.165, 1.54) is 17.1 Å². The Morgan fingerprint density at radius 1 is 1.62 bits per heavy atom. The predicted molar refractivity (Wildman–Crippen MR) is 68.9 cm³/mol. The number of rotatable bonds is 4. The van der Waals surface area contributed by atoms with Crippen LogP contribution >= 0.6 is 11.3 Å². The molecule has 4 heteroatoms. The van der Waals surface area contributed by atoms with Crippen molar-refractivity contribution in [1.82, 2.24) is 15.2 Å². The van der Waals surface area contributed by atoms with Crippen LogP contribution < -0.4 is 5.32 Å². The van der Waals surface area contributed by atoms with E-state index in [2.05, 4.69) is 34.4 Å². The standard InChI is InChI=1S/C12H21N3S/c1-3-4-12-14-11(9-16-12)8-15-6-5-13-10(2)7-15/h9-10,13H,3-8H2,1-2H3. The SMILES string of the molecule is CCCc1nc(CN2CCNC(C)C2)cs1. The van der Waals surface area contributed by atoms with Crippen LogP contribution in [0.5, 0.6) is 0 Å². The molecule has 3 nitrogen and oxygen atoms in total. The Balaban J connectivity index is 1.87. The minimum absolute atomic E-state index is 0.613. The van der Waals surface area contributed by atoms with E-state index in [-0.39, 0.29) is 0 Å². The third kappa shape index (κ3) is 3.27. The van der Waals surface area contributed by atoms with Gasteiger partial charge in [0.1, 0.15) is 0 Å². The first kappa shape index (κ1) is 12.0. The summed E-state index contributed by atoms with van der Waals surface area (Å²) in [5, 5.41) is 6.98. The first-order chi connectivity index (χ1) is 7.78. The highest BCUT2D eigenvalue weighted by Gasteiger charge is 2.16. The number of aromatic nitrogens is 1. The van der Waals surface area contributed by atoms with Gasteiger partial charge in [-0.15, -0.1) is 11.3 Å². The van der Waals surface area contributed by atoms with Crippen molar-refractivity contribution in [2.45, 2.75) is 39.3 Å². The van der Waals surface area contributed by atoms with E-state index in [1.54, 1.807) is 0 Å². The molecule has 0 amide bonds. The summed E-state index contributed by atoms with van der Waals surface area (Å²) >= 11 is 1.81. The number of nitrogens with zero attached hydrogens (tertiary/aromatic N) is 2. The van der Waals surface area contributed by atoms with Gasteiger partial charge in [-0.25, -0.2) is 4.98 Å².